The molecule has 2 aliphatic rings. The van der Waals surface area contributed by atoms with Gasteiger partial charge in [-0.2, -0.15) is 0 Å². The topological polar surface area (TPSA) is 71.8 Å². The summed E-state index contributed by atoms with van der Waals surface area (Å²) in [6.45, 7) is 6.83. The lowest BCUT2D eigenvalue weighted by atomic mass is 10.0. The smallest absolute Gasteiger partial charge is 0.407 e. The molecule has 1 aromatic heterocycles. The Morgan fingerprint density at radius 2 is 1.86 bits per heavy atom. The number of carbonyl (C=O) groups excluding carboxylic acids is 2. The molecule has 0 saturated carbocycles. The first-order valence-corrected chi connectivity index (χ1v) is 10.6. The highest BCUT2D eigenvalue weighted by Gasteiger charge is 2.26. The van der Waals surface area contributed by atoms with Gasteiger partial charge in [0.15, 0.2) is 0 Å². The fourth-order valence-corrected chi connectivity index (χ4v) is 4.31. The standard InChI is InChI=1S/C23H30N2O4/c1-23(2,3)29-22(27)24-18-7-9-25(10-8-18)21(26)13-17-14-28-20-12-16-6-4-5-15(16)11-19(17)20/h11-12,14,18H,4-10,13H2,1-3H3,(H,24,27). The molecule has 1 aliphatic carbocycles. The van der Waals surface area contributed by atoms with Gasteiger partial charge >= 0.3 is 6.09 Å². The van der Waals surface area contributed by atoms with Crippen molar-refractivity contribution in [1.82, 2.24) is 10.2 Å². The van der Waals surface area contributed by atoms with Crippen molar-refractivity contribution < 1.29 is 18.7 Å². The average molecular weight is 399 g/mol. The van der Waals surface area contributed by atoms with E-state index in [1.807, 2.05) is 25.7 Å². The molecule has 29 heavy (non-hydrogen) atoms. The minimum atomic E-state index is -0.506. The maximum Gasteiger partial charge on any atom is 0.407 e. The lowest BCUT2D eigenvalue weighted by Gasteiger charge is -2.33. The van der Waals surface area contributed by atoms with Crippen molar-refractivity contribution in [1.29, 1.82) is 0 Å². The predicted molar refractivity (Wildman–Crippen MR) is 111 cm³/mol. The van der Waals surface area contributed by atoms with Crippen LogP contribution in [0.3, 0.4) is 0 Å². The van der Waals surface area contributed by atoms with Crippen LogP contribution in [0.5, 0.6) is 0 Å². The third kappa shape index (κ3) is 4.57. The van der Waals surface area contributed by atoms with Crippen LogP contribution in [0.4, 0.5) is 4.79 Å². The van der Waals surface area contributed by atoms with E-state index in [4.69, 9.17) is 9.15 Å². The molecule has 1 N–H and O–H groups in total. The van der Waals surface area contributed by atoms with Crippen molar-refractivity contribution in [3.8, 4) is 0 Å². The van der Waals surface area contributed by atoms with Gasteiger partial charge in [-0.1, -0.05) is 0 Å². The summed E-state index contributed by atoms with van der Waals surface area (Å²) in [5.41, 5.74) is 4.11. The van der Waals surface area contributed by atoms with Crippen molar-refractivity contribution >= 4 is 23.0 Å². The van der Waals surface area contributed by atoms with Crippen molar-refractivity contribution in [2.24, 2.45) is 0 Å². The van der Waals surface area contributed by atoms with Crippen molar-refractivity contribution in [3.05, 3.63) is 35.1 Å². The Morgan fingerprint density at radius 3 is 2.55 bits per heavy atom. The number of likely N-dealkylation sites (tertiary alicyclic amines) is 1. The maximum absolute atomic E-state index is 12.8. The zero-order chi connectivity index (χ0) is 20.6. The number of nitrogens with zero attached hydrogens (tertiary/aromatic N) is 1. The quantitative estimate of drug-likeness (QED) is 0.849. The van der Waals surface area contributed by atoms with Crippen LogP contribution in [0, 0.1) is 0 Å². The Bertz CT molecular complexity index is 917. The second-order valence-electron chi connectivity index (χ2n) is 9.21. The fraction of sp³-hybridized carbons (Fsp3) is 0.565. The van der Waals surface area contributed by atoms with Crippen molar-refractivity contribution in [2.75, 3.05) is 13.1 Å². The number of piperidine rings is 1. The van der Waals surface area contributed by atoms with Gasteiger partial charge in [-0.3, -0.25) is 4.79 Å². The molecule has 2 heterocycles. The van der Waals surface area contributed by atoms with Gasteiger partial charge in [0.05, 0.1) is 12.7 Å². The van der Waals surface area contributed by atoms with E-state index < -0.39 is 5.60 Å². The van der Waals surface area contributed by atoms with Crippen LogP contribution in [0.1, 0.15) is 56.7 Å². The third-order valence-corrected chi connectivity index (χ3v) is 5.78. The first-order valence-electron chi connectivity index (χ1n) is 10.6. The summed E-state index contributed by atoms with van der Waals surface area (Å²) >= 11 is 0. The average Bonchev–Trinajstić information content (AvgIpc) is 3.25. The largest absolute Gasteiger partial charge is 0.464 e. The summed E-state index contributed by atoms with van der Waals surface area (Å²) in [7, 11) is 0. The van der Waals surface area contributed by atoms with Gasteiger partial charge in [0.25, 0.3) is 0 Å². The maximum atomic E-state index is 12.8. The molecule has 2 amide bonds. The number of alkyl carbamates (subject to hydrolysis) is 1. The molecular weight excluding hydrogens is 368 g/mol. The molecule has 0 radical (unpaired) electrons. The molecule has 0 atom stereocenters. The van der Waals surface area contributed by atoms with Crippen LogP contribution < -0.4 is 5.32 Å². The number of furan rings is 1. The Labute approximate surface area is 171 Å². The lowest BCUT2D eigenvalue weighted by Crippen LogP contribution is -2.47. The summed E-state index contributed by atoms with van der Waals surface area (Å²) in [6, 6.07) is 4.39. The summed E-state index contributed by atoms with van der Waals surface area (Å²) in [5.74, 6) is 0.115. The zero-order valence-electron chi connectivity index (χ0n) is 17.5. The molecule has 6 nitrogen and oxygen atoms in total. The highest BCUT2D eigenvalue weighted by atomic mass is 16.6. The fourth-order valence-electron chi connectivity index (χ4n) is 4.31. The van der Waals surface area contributed by atoms with Gasteiger partial charge in [-0.05, 0) is 76.1 Å². The zero-order valence-corrected chi connectivity index (χ0v) is 17.5. The summed E-state index contributed by atoms with van der Waals surface area (Å²) < 4.78 is 11.0. The molecule has 0 unspecified atom stereocenters. The molecule has 0 spiro atoms. The summed E-state index contributed by atoms with van der Waals surface area (Å²) in [5, 5.41) is 3.98. The number of fused-ring (bicyclic) bond motifs is 2. The number of benzene rings is 1. The van der Waals surface area contributed by atoms with Crippen LogP contribution >= 0.6 is 0 Å². The number of rotatable bonds is 3. The van der Waals surface area contributed by atoms with E-state index in [9.17, 15) is 9.59 Å². The Morgan fingerprint density at radius 1 is 1.17 bits per heavy atom. The summed E-state index contributed by atoms with van der Waals surface area (Å²) in [4.78, 5) is 26.7. The SMILES string of the molecule is CC(C)(C)OC(=O)NC1CCN(C(=O)Cc2coc3cc4c(cc23)CCC4)CC1. The number of hydrogen-bond acceptors (Lipinski definition) is 4. The molecule has 1 aliphatic heterocycles. The van der Waals surface area contributed by atoms with Gasteiger partial charge in [-0.15, -0.1) is 0 Å². The summed E-state index contributed by atoms with van der Waals surface area (Å²) in [6.07, 6.45) is 6.61. The first kappa shape index (κ1) is 19.8. The van der Waals surface area contributed by atoms with Crippen molar-refractivity contribution in [2.45, 2.75) is 70.9 Å². The van der Waals surface area contributed by atoms with Crippen molar-refractivity contribution in [3.63, 3.8) is 0 Å². The molecule has 2 aromatic rings. The highest BCUT2D eigenvalue weighted by Crippen LogP contribution is 2.30. The van der Waals surface area contributed by atoms with Crippen LogP contribution in [0.2, 0.25) is 0 Å². The van der Waals surface area contributed by atoms with Gasteiger partial charge < -0.3 is 19.4 Å². The molecule has 0 bridgehead atoms. The number of hydrogen-bond donors (Lipinski definition) is 1. The van der Waals surface area contributed by atoms with Gasteiger partial charge in [0.2, 0.25) is 5.91 Å². The normalized spacial score (nSPS) is 17.4. The van der Waals surface area contributed by atoms with Crippen LogP contribution in [-0.4, -0.2) is 41.6 Å². The number of amides is 2. The van der Waals surface area contributed by atoms with Gasteiger partial charge in [0.1, 0.15) is 11.2 Å². The van der Waals surface area contributed by atoms with Crippen LogP contribution in [-0.2, 0) is 28.8 Å². The molecule has 1 fully saturated rings. The first-order chi connectivity index (χ1) is 13.8. The molecule has 156 valence electrons. The third-order valence-electron chi connectivity index (χ3n) is 5.78. The number of carbonyl (C=O) groups is 2. The monoisotopic (exact) mass is 398 g/mol. The predicted octanol–water partition coefficient (Wildman–Crippen LogP) is 3.98. The number of aryl methyl sites for hydroxylation is 2. The molecular formula is C23H30N2O4. The highest BCUT2D eigenvalue weighted by molar-refractivity contribution is 5.88. The van der Waals surface area contributed by atoms with E-state index in [1.165, 1.54) is 17.5 Å². The van der Waals surface area contributed by atoms with E-state index in [2.05, 4.69) is 17.4 Å². The van der Waals surface area contributed by atoms with Crippen LogP contribution in [0.25, 0.3) is 11.0 Å². The van der Waals surface area contributed by atoms with E-state index in [-0.39, 0.29) is 18.0 Å². The number of ether oxygens (including phenoxy) is 1. The lowest BCUT2D eigenvalue weighted by molar-refractivity contribution is -0.131. The van der Waals surface area contributed by atoms with E-state index in [0.29, 0.717) is 19.5 Å². The Balaban J connectivity index is 1.32. The van der Waals surface area contributed by atoms with Crippen LogP contribution in [0.15, 0.2) is 22.8 Å². The van der Waals surface area contributed by atoms with E-state index in [1.54, 1.807) is 6.26 Å². The Hall–Kier alpha value is -2.50. The van der Waals surface area contributed by atoms with Gasteiger partial charge in [0, 0.05) is 30.1 Å². The number of nitrogens with one attached hydrogen (secondary N) is 1. The minimum absolute atomic E-state index is 0.0474. The molecule has 1 aromatic carbocycles. The van der Waals surface area contributed by atoms with E-state index >= 15 is 0 Å². The molecule has 6 heteroatoms. The second kappa shape index (κ2) is 7.73. The second-order valence-corrected chi connectivity index (χ2v) is 9.21. The molecule has 1 saturated heterocycles. The minimum Gasteiger partial charge on any atom is -0.464 e. The molecule has 4 rings (SSSR count). The van der Waals surface area contributed by atoms with E-state index in [0.717, 1.165) is 42.2 Å². The Kier molecular flexibility index (Phi) is 5.28. The van der Waals surface area contributed by atoms with Gasteiger partial charge in [-0.25, -0.2) is 4.79 Å².